The Balaban J connectivity index is 1.58. The SMILES string of the molecule is Nc1nc(SCC(=O)NCc2ccccc2Cl)[nH]c(=O)c1NC(=O)c1ccc(Br)o1. The zero-order valence-corrected chi connectivity index (χ0v) is 18.4. The second-order valence-corrected chi connectivity index (χ2v) is 8.00. The van der Waals surface area contributed by atoms with Gasteiger partial charge in [-0.05, 0) is 39.7 Å². The van der Waals surface area contributed by atoms with Gasteiger partial charge in [0.05, 0.1) is 5.75 Å². The van der Waals surface area contributed by atoms with Gasteiger partial charge in [-0.1, -0.05) is 41.6 Å². The maximum Gasteiger partial charge on any atom is 0.291 e. The highest BCUT2D eigenvalue weighted by atomic mass is 79.9. The lowest BCUT2D eigenvalue weighted by Gasteiger charge is -2.08. The summed E-state index contributed by atoms with van der Waals surface area (Å²) >= 11 is 10.1. The molecule has 0 radical (unpaired) electrons. The van der Waals surface area contributed by atoms with Crippen LogP contribution in [0.4, 0.5) is 11.5 Å². The van der Waals surface area contributed by atoms with Crippen LogP contribution in [0.5, 0.6) is 0 Å². The number of anilines is 2. The first-order valence-corrected chi connectivity index (χ1v) is 10.6. The highest BCUT2D eigenvalue weighted by molar-refractivity contribution is 9.10. The van der Waals surface area contributed by atoms with Gasteiger partial charge in [0.2, 0.25) is 5.91 Å². The van der Waals surface area contributed by atoms with Crippen LogP contribution in [0.1, 0.15) is 16.1 Å². The number of nitrogen functional groups attached to an aromatic ring is 1. The summed E-state index contributed by atoms with van der Waals surface area (Å²) < 4.78 is 5.49. The molecule has 0 bridgehead atoms. The van der Waals surface area contributed by atoms with Gasteiger partial charge in [-0.15, -0.1) is 0 Å². The third-order valence-electron chi connectivity index (χ3n) is 3.74. The predicted octanol–water partition coefficient (Wildman–Crippen LogP) is 3.02. The number of aromatic nitrogens is 2. The molecule has 0 unspecified atom stereocenters. The molecule has 0 aliphatic rings. The molecular weight excluding hydrogens is 498 g/mol. The Kier molecular flexibility index (Phi) is 7.19. The molecule has 156 valence electrons. The van der Waals surface area contributed by atoms with E-state index in [1.807, 2.05) is 12.1 Å². The molecule has 3 rings (SSSR count). The lowest BCUT2D eigenvalue weighted by molar-refractivity contribution is -0.118. The van der Waals surface area contributed by atoms with Gasteiger partial charge in [0.15, 0.2) is 27.1 Å². The lowest BCUT2D eigenvalue weighted by Crippen LogP contribution is -2.25. The number of hydrogen-bond acceptors (Lipinski definition) is 7. The summed E-state index contributed by atoms with van der Waals surface area (Å²) in [5.74, 6) is -1.12. The normalized spacial score (nSPS) is 10.6. The first-order valence-electron chi connectivity index (χ1n) is 8.43. The van der Waals surface area contributed by atoms with E-state index >= 15 is 0 Å². The molecular formula is C18H15BrClN5O4S. The van der Waals surface area contributed by atoms with E-state index in [-0.39, 0.29) is 40.6 Å². The standard InChI is InChI=1S/C18H15BrClN5O4S/c19-12-6-5-11(29-12)16(27)23-14-15(21)24-18(25-17(14)28)30-8-13(26)22-7-9-3-1-2-4-10(9)20/h1-6H,7-8H2,(H,22,26)(H,23,27)(H3,21,24,25,28). The van der Waals surface area contributed by atoms with Gasteiger partial charge >= 0.3 is 0 Å². The van der Waals surface area contributed by atoms with Crippen LogP contribution in [0, 0.1) is 0 Å². The predicted molar refractivity (Wildman–Crippen MR) is 118 cm³/mol. The van der Waals surface area contributed by atoms with Crippen LogP contribution in [0.25, 0.3) is 0 Å². The maximum atomic E-state index is 12.3. The fourth-order valence-corrected chi connectivity index (χ4v) is 3.50. The fraction of sp³-hybridized carbons (Fsp3) is 0.111. The number of amides is 2. The largest absolute Gasteiger partial charge is 0.444 e. The molecule has 0 saturated carbocycles. The first kappa shape index (κ1) is 21.9. The van der Waals surface area contributed by atoms with Gasteiger partial charge in [0.25, 0.3) is 11.5 Å². The number of hydrogen-bond donors (Lipinski definition) is 4. The third kappa shape index (κ3) is 5.65. The Labute approximate surface area is 187 Å². The molecule has 0 aliphatic carbocycles. The zero-order valence-electron chi connectivity index (χ0n) is 15.2. The van der Waals surface area contributed by atoms with Crippen molar-refractivity contribution in [2.45, 2.75) is 11.7 Å². The maximum absolute atomic E-state index is 12.3. The van der Waals surface area contributed by atoms with Crippen molar-refractivity contribution in [1.29, 1.82) is 0 Å². The number of carbonyl (C=O) groups excluding carboxylic acids is 2. The molecule has 0 aliphatic heterocycles. The summed E-state index contributed by atoms with van der Waals surface area (Å²) in [5.41, 5.74) is 5.73. The van der Waals surface area contributed by atoms with Gasteiger partial charge in [-0.25, -0.2) is 4.98 Å². The fourth-order valence-electron chi connectivity index (χ4n) is 2.29. The molecule has 2 heterocycles. The van der Waals surface area contributed by atoms with Crippen LogP contribution >= 0.6 is 39.3 Å². The quantitative estimate of drug-likeness (QED) is 0.281. The van der Waals surface area contributed by atoms with E-state index in [9.17, 15) is 14.4 Å². The van der Waals surface area contributed by atoms with E-state index in [1.54, 1.807) is 12.1 Å². The Morgan fingerprint density at radius 1 is 1.27 bits per heavy atom. The number of furan rings is 1. The Morgan fingerprint density at radius 3 is 2.70 bits per heavy atom. The van der Waals surface area contributed by atoms with Crippen LogP contribution in [-0.4, -0.2) is 27.5 Å². The van der Waals surface area contributed by atoms with Gasteiger partial charge in [0, 0.05) is 11.6 Å². The number of benzene rings is 1. The topological polar surface area (TPSA) is 143 Å². The molecule has 2 aromatic heterocycles. The Morgan fingerprint density at radius 2 is 2.03 bits per heavy atom. The number of aromatic amines is 1. The van der Waals surface area contributed by atoms with Crippen LogP contribution < -0.4 is 21.9 Å². The minimum atomic E-state index is -0.654. The number of halogens is 2. The average molecular weight is 513 g/mol. The molecule has 0 saturated heterocycles. The van der Waals surface area contributed by atoms with Gasteiger partial charge in [-0.2, -0.15) is 0 Å². The second kappa shape index (κ2) is 9.83. The van der Waals surface area contributed by atoms with Crippen molar-refractivity contribution >= 4 is 62.6 Å². The number of rotatable bonds is 7. The van der Waals surface area contributed by atoms with Crippen molar-refractivity contribution in [3.05, 3.63) is 67.8 Å². The van der Waals surface area contributed by atoms with E-state index in [2.05, 4.69) is 36.5 Å². The number of nitrogens with one attached hydrogen (secondary N) is 3. The number of thioether (sulfide) groups is 1. The highest BCUT2D eigenvalue weighted by Gasteiger charge is 2.17. The summed E-state index contributed by atoms with van der Waals surface area (Å²) in [6, 6.07) is 10.1. The lowest BCUT2D eigenvalue weighted by atomic mass is 10.2. The average Bonchev–Trinajstić information content (AvgIpc) is 3.15. The van der Waals surface area contributed by atoms with Crippen molar-refractivity contribution in [3.63, 3.8) is 0 Å². The molecule has 0 spiro atoms. The second-order valence-electron chi connectivity index (χ2n) is 5.85. The molecule has 0 fully saturated rings. The van der Waals surface area contributed by atoms with E-state index in [0.717, 1.165) is 17.3 Å². The Hall–Kier alpha value is -2.76. The monoisotopic (exact) mass is 511 g/mol. The van der Waals surface area contributed by atoms with Crippen LogP contribution in [0.2, 0.25) is 5.02 Å². The summed E-state index contributed by atoms with van der Waals surface area (Å²) in [5, 5.41) is 5.79. The third-order valence-corrected chi connectivity index (χ3v) is 5.40. The molecule has 2 amide bonds. The van der Waals surface area contributed by atoms with Crippen molar-refractivity contribution in [2.24, 2.45) is 0 Å². The van der Waals surface area contributed by atoms with Crippen molar-refractivity contribution in [3.8, 4) is 0 Å². The molecule has 9 nitrogen and oxygen atoms in total. The van der Waals surface area contributed by atoms with E-state index in [1.165, 1.54) is 12.1 Å². The molecule has 3 aromatic rings. The van der Waals surface area contributed by atoms with Crippen LogP contribution in [0.3, 0.4) is 0 Å². The molecule has 30 heavy (non-hydrogen) atoms. The first-order chi connectivity index (χ1) is 14.3. The molecule has 5 N–H and O–H groups in total. The van der Waals surface area contributed by atoms with Crippen LogP contribution in [0.15, 0.2) is 55.4 Å². The van der Waals surface area contributed by atoms with Crippen molar-refractivity contribution in [2.75, 3.05) is 16.8 Å². The van der Waals surface area contributed by atoms with Crippen molar-refractivity contribution in [1.82, 2.24) is 15.3 Å². The van der Waals surface area contributed by atoms with Gasteiger partial charge in [-0.3, -0.25) is 19.4 Å². The van der Waals surface area contributed by atoms with Gasteiger partial charge < -0.3 is 20.8 Å². The Bertz CT molecular complexity index is 1150. The van der Waals surface area contributed by atoms with Crippen LogP contribution in [-0.2, 0) is 11.3 Å². The molecule has 0 atom stereocenters. The smallest absolute Gasteiger partial charge is 0.291 e. The highest BCUT2D eigenvalue weighted by Crippen LogP contribution is 2.19. The van der Waals surface area contributed by atoms with E-state index < -0.39 is 11.5 Å². The van der Waals surface area contributed by atoms with Gasteiger partial charge in [0.1, 0.15) is 0 Å². The summed E-state index contributed by atoms with van der Waals surface area (Å²) in [6.07, 6.45) is 0. The number of H-pyrrole nitrogens is 1. The minimum Gasteiger partial charge on any atom is -0.444 e. The molecule has 1 aromatic carbocycles. The van der Waals surface area contributed by atoms with E-state index in [0.29, 0.717) is 9.69 Å². The zero-order chi connectivity index (χ0) is 21.7. The van der Waals surface area contributed by atoms with E-state index in [4.69, 9.17) is 21.8 Å². The summed E-state index contributed by atoms with van der Waals surface area (Å²) in [4.78, 5) is 42.9. The van der Waals surface area contributed by atoms with Crippen molar-refractivity contribution < 1.29 is 14.0 Å². The number of nitrogens with zero attached hydrogens (tertiary/aromatic N) is 1. The number of nitrogens with two attached hydrogens (primary N) is 1. The number of carbonyl (C=O) groups is 2. The molecule has 12 heteroatoms. The minimum absolute atomic E-state index is 0.00103. The summed E-state index contributed by atoms with van der Waals surface area (Å²) in [6.45, 7) is 0.277. The summed E-state index contributed by atoms with van der Waals surface area (Å²) in [7, 11) is 0.